The predicted molar refractivity (Wildman–Crippen MR) is 121 cm³/mol. The lowest BCUT2D eigenvalue weighted by molar-refractivity contribution is -0.117. The van der Waals surface area contributed by atoms with Crippen molar-refractivity contribution in [3.05, 3.63) is 45.3 Å². The molecule has 2 aromatic heterocycles. The summed E-state index contributed by atoms with van der Waals surface area (Å²) in [5.41, 5.74) is 8.24. The van der Waals surface area contributed by atoms with Crippen molar-refractivity contribution in [1.29, 1.82) is 0 Å². The number of anilines is 1. The van der Waals surface area contributed by atoms with Gasteiger partial charge in [-0.2, -0.15) is 0 Å². The summed E-state index contributed by atoms with van der Waals surface area (Å²) in [7, 11) is 0. The number of nitrogens with zero attached hydrogens (tertiary/aromatic N) is 2. The number of nitrogens with two attached hydrogens (primary N) is 1. The number of rotatable bonds is 5. The van der Waals surface area contributed by atoms with E-state index in [1.165, 1.54) is 20.9 Å². The lowest BCUT2D eigenvalue weighted by Crippen LogP contribution is -2.33. The molecule has 0 bridgehead atoms. The Morgan fingerprint density at radius 3 is 2.83 bits per heavy atom. The van der Waals surface area contributed by atoms with Gasteiger partial charge in [-0.1, -0.05) is 12.1 Å². The summed E-state index contributed by atoms with van der Waals surface area (Å²) in [6, 6.07) is 8.32. The number of thiazole rings is 1. The Kier molecular flexibility index (Phi) is 5.30. The van der Waals surface area contributed by atoms with Gasteiger partial charge in [0.25, 0.3) is 5.91 Å². The van der Waals surface area contributed by atoms with Crippen LogP contribution in [0.5, 0.6) is 0 Å². The van der Waals surface area contributed by atoms with Crippen LogP contribution in [0.2, 0.25) is 0 Å². The van der Waals surface area contributed by atoms with E-state index < -0.39 is 5.91 Å². The molecule has 30 heavy (non-hydrogen) atoms. The molecule has 1 aliphatic carbocycles. The topological polar surface area (TPSA) is 88.3 Å². The smallest absolute Gasteiger partial charge is 0.251 e. The molecular formula is C22H24N4O2S2. The van der Waals surface area contributed by atoms with Crippen LogP contribution in [0.15, 0.2) is 24.3 Å². The molecule has 2 aliphatic rings. The molecule has 5 rings (SSSR count). The van der Waals surface area contributed by atoms with E-state index in [4.69, 9.17) is 10.7 Å². The Hall–Kier alpha value is -2.29. The Morgan fingerprint density at radius 2 is 2.00 bits per heavy atom. The van der Waals surface area contributed by atoms with E-state index in [0.29, 0.717) is 17.1 Å². The van der Waals surface area contributed by atoms with E-state index in [-0.39, 0.29) is 11.9 Å². The number of amides is 2. The third-order valence-corrected chi connectivity index (χ3v) is 8.32. The summed E-state index contributed by atoms with van der Waals surface area (Å²) in [6.45, 7) is 1.17. The quantitative estimate of drug-likeness (QED) is 0.625. The summed E-state index contributed by atoms with van der Waals surface area (Å²) in [6.07, 6.45) is 6.07. The number of hydrogen-bond acceptors (Lipinski definition) is 6. The third kappa shape index (κ3) is 3.64. The molecule has 1 saturated heterocycles. The lowest BCUT2D eigenvalue weighted by atomic mass is 9.95. The number of aryl methyl sites for hydroxylation is 1. The van der Waals surface area contributed by atoms with Gasteiger partial charge in [-0.3, -0.25) is 14.5 Å². The summed E-state index contributed by atoms with van der Waals surface area (Å²) >= 11 is 3.23. The van der Waals surface area contributed by atoms with Gasteiger partial charge in [0.15, 0.2) is 0 Å². The van der Waals surface area contributed by atoms with Gasteiger partial charge < -0.3 is 11.1 Å². The first-order valence-corrected chi connectivity index (χ1v) is 12.1. The van der Waals surface area contributed by atoms with Crippen LogP contribution in [0.1, 0.15) is 57.5 Å². The first-order chi connectivity index (χ1) is 14.6. The van der Waals surface area contributed by atoms with E-state index in [2.05, 4.69) is 16.3 Å². The molecule has 156 valence electrons. The number of primary amides is 1. The van der Waals surface area contributed by atoms with Crippen LogP contribution in [-0.4, -0.2) is 34.8 Å². The van der Waals surface area contributed by atoms with Crippen molar-refractivity contribution in [3.8, 4) is 0 Å². The van der Waals surface area contributed by atoms with Gasteiger partial charge in [0.1, 0.15) is 10.0 Å². The van der Waals surface area contributed by atoms with Crippen LogP contribution in [0.3, 0.4) is 0 Å². The number of carbonyl (C=O) groups is 2. The molecule has 1 fully saturated rings. The van der Waals surface area contributed by atoms with Crippen LogP contribution in [-0.2, 0) is 17.6 Å². The Balaban J connectivity index is 1.33. The van der Waals surface area contributed by atoms with E-state index in [0.717, 1.165) is 61.2 Å². The fourth-order valence-electron chi connectivity index (χ4n) is 4.59. The first kappa shape index (κ1) is 19.7. The molecule has 6 nitrogen and oxygen atoms in total. The molecule has 1 aliphatic heterocycles. The van der Waals surface area contributed by atoms with Crippen molar-refractivity contribution in [2.45, 2.75) is 44.6 Å². The minimum Gasteiger partial charge on any atom is -0.365 e. The Morgan fingerprint density at radius 1 is 1.17 bits per heavy atom. The number of aromatic nitrogens is 1. The van der Waals surface area contributed by atoms with Crippen LogP contribution < -0.4 is 11.1 Å². The maximum Gasteiger partial charge on any atom is 0.251 e. The first-order valence-electron chi connectivity index (χ1n) is 10.4. The highest BCUT2D eigenvalue weighted by Gasteiger charge is 2.31. The van der Waals surface area contributed by atoms with Gasteiger partial charge >= 0.3 is 0 Å². The monoisotopic (exact) mass is 440 g/mol. The zero-order valence-electron chi connectivity index (χ0n) is 16.6. The van der Waals surface area contributed by atoms with Crippen molar-refractivity contribution in [2.75, 3.05) is 18.4 Å². The van der Waals surface area contributed by atoms with Crippen LogP contribution >= 0.6 is 22.7 Å². The minimum absolute atomic E-state index is 0.0934. The Labute approximate surface area is 183 Å². The minimum atomic E-state index is -0.446. The number of fused-ring (bicyclic) bond motifs is 2. The van der Waals surface area contributed by atoms with Crippen molar-refractivity contribution in [1.82, 2.24) is 9.88 Å². The van der Waals surface area contributed by atoms with Crippen LogP contribution in [0, 0.1) is 0 Å². The van der Waals surface area contributed by atoms with Crippen molar-refractivity contribution >= 4 is 49.7 Å². The maximum atomic E-state index is 12.9. The standard InChI is InChI=1S/C22H24N4O2S2/c23-20(28)19-13-6-1-3-9-16(13)29-22(19)25-18(27)12-26-11-5-8-15(26)21-24-14-7-2-4-10-17(14)30-21/h2,4,7,10,15H,1,3,5-6,8-9,11-12H2,(H2,23,28)(H,25,27)/t15-/m1/s1. The average Bonchev–Trinajstić information content (AvgIpc) is 3.43. The van der Waals surface area contributed by atoms with E-state index in [1.807, 2.05) is 18.2 Å². The van der Waals surface area contributed by atoms with Crippen molar-refractivity contribution in [3.63, 3.8) is 0 Å². The molecule has 0 spiro atoms. The molecule has 0 unspecified atom stereocenters. The van der Waals surface area contributed by atoms with Crippen molar-refractivity contribution < 1.29 is 9.59 Å². The van der Waals surface area contributed by atoms with Crippen LogP contribution in [0.25, 0.3) is 10.2 Å². The van der Waals surface area contributed by atoms with E-state index in [9.17, 15) is 9.59 Å². The molecule has 1 atom stereocenters. The van der Waals surface area contributed by atoms with Gasteiger partial charge in [-0.05, 0) is 62.8 Å². The fraction of sp³-hybridized carbons (Fsp3) is 0.409. The largest absolute Gasteiger partial charge is 0.365 e. The number of carbonyl (C=O) groups excluding carboxylic acids is 2. The maximum absolute atomic E-state index is 12.9. The molecule has 3 aromatic rings. The lowest BCUT2D eigenvalue weighted by Gasteiger charge is -2.22. The number of nitrogens with one attached hydrogen (secondary N) is 1. The van der Waals surface area contributed by atoms with Crippen molar-refractivity contribution in [2.24, 2.45) is 5.73 Å². The van der Waals surface area contributed by atoms with Gasteiger partial charge in [0.2, 0.25) is 5.91 Å². The second kappa shape index (κ2) is 8.09. The molecular weight excluding hydrogens is 416 g/mol. The van der Waals surface area contributed by atoms with Crippen LogP contribution in [0.4, 0.5) is 5.00 Å². The molecule has 0 saturated carbocycles. The molecule has 8 heteroatoms. The Bertz CT molecular complexity index is 1090. The van der Waals surface area contributed by atoms with Gasteiger partial charge in [0, 0.05) is 4.88 Å². The fourth-order valence-corrected chi connectivity index (χ4v) is 7.04. The number of thiophene rings is 1. The second-order valence-electron chi connectivity index (χ2n) is 7.98. The average molecular weight is 441 g/mol. The summed E-state index contributed by atoms with van der Waals surface area (Å²) in [4.78, 5) is 33.1. The van der Waals surface area contributed by atoms with E-state index >= 15 is 0 Å². The molecule has 0 radical (unpaired) electrons. The number of benzene rings is 1. The molecule has 3 heterocycles. The predicted octanol–water partition coefficient (Wildman–Crippen LogP) is 4.11. The number of hydrogen-bond donors (Lipinski definition) is 2. The molecule has 1 aromatic carbocycles. The van der Waals surface area contributed by atoms with Gasteiger partial charge in [-0.25, -0.2) is 4.98 Å². The highest BCUT2D eigenvalue weighted by atomic mass is 32.1. The zero-order chi connectivity index (χ0) is 20.7. The summed E-state index contributed by atoms with van der Waals surface area (Å²) in [5.74, 6) is -0.540. The van der Waals surface area contributed by atoms with Gasteiger partial charge in [-0.15, -0.1) is 22.7 Å². The number of para-hydroxylation sites is 1. The number of likely N-dealkylation sites (tertiary alicyclic amines) is 1. The highest BCUT2D eigenvalue weighted by molar-refractivity contribution is 7.18. The third-order valence-electron chi connectivity index (χ3n) is 5.98. The summed E-state index contributed by atoms with van der Waals surface area (Å²) in [5, 5.41) is 4.69. The SMILES string of the molecule is NC(=O)c1c(NC(=O)CN2CCC[C@@H]2c2nc3ccccc3s2)sc2c1CCCC2. The second-order valence-corrected chi connectivity index (χ2v) is 10.1. The molecule has 3 N–H and O–H groups in total. The van der Waals surface area contributed by atoms with E-state index in [1.54, 1.807) is 11.3 Å². The zero-order valence-corrected chi connectivity index (χ0v) is 18.3. The highest BCUT2D eigenvalue weighted by Crippen LogP contribution is 2.39. The molecule has 2 amide bonds. The summed E-state index contributed by atoms with van der Waals surface area (Å²) < 4.78 is 1.18. The normalized spacial score (nSPS) is 19.1. The van der Waals surface area contributed by atoms with Gasteiger partial charge in [0.05, 0.1) is 28.4 Å².